The zero-order valence-corrected chi connectivity index (χ0v) is 19.1. The van der Waals surface area contributed by atoms with E-state index in [1.165, 1.54) is 16.9 Å². The molecule has 1 fully saturated rings. The van der Waals surface area contributed by atoms with Crippen LogP contribution in [-0.2, 0) is 4.79 Å². The summed E-state index contributed by atoms with van der Waals surface area (Å²) in [5, 5.41) is 3.14. The van der Waals surface area contributed by atoms with Crippen molar-refractivity contribution >= 4 is 17.5 Å². The second-order valence-corrected chi connectivity index (χ2v) is 8.71. The highest BCUT2D eigenvalue weighted by molar-refractivity contribution is 6.05. The number of carbonyl (C=O) groups excluding carboxylic acids is 2. The predicted octanol–water partition coefficient (Wildman–Crippen LogP) is 5.30. The van der Waals surface area contributed by atoms with Crippen LogP contribution in [0.4, 0.5) is 5.69 Å². The summed E-state index contributed by atoms with van der Waals surface area (Å²) in [6.07, 6.45) is 4.89. The predicted molar refractivity (Wildman–Crippen MR) is 125 cm³/mol. The topological polar surface area (TPSA) is 58.6 Å². The second-order valence-electron chi connectivity index (χ2n) is 8.71. The molecular weight excluding hydrogens is 388 g/mol. The lowest BCUT2D eigenvalue weighted by atomic mass is 9.95. The fourth-order valence-corrected chi connectivity index (χ4v) is 4.05. The molecule has 166 valence electrons. The van der Waals surface area contributed by atoms with Crippen LogP contribution in [0.1, 0.15) is 74.7 Å². The van der Waals surface area contributed by atoms with E-state index >= 15 is 0 Å². The first-order valence-corrected chi connectivity index (χ1v) is 11.3. The number of hydrogen-bond donors (Lipinski definition) is 1. The van der Waals surface area contributed by atoms with Gasteiger partial charge in [0.05, 0.1) is 11.3 Å². The van der Waals surface area contributed by atoms with Crippen molar-refractivity contribution in [1.82, 2.24) is 5.32 Å². The lowest BCUT2D eigenvalue weighted by Gasteiger charge is -2.26. The van der Waals surface area contributed by atoms with Gasteiger partial charge in [-0.1, -0.05) is 57.4 Å². The summed E-state index contributed by atoms with van der Waals surface area (Å²) < 4.78 is 5.88. The minimum atomic E-state index is -0.677. The van der Waals surface area contributed by atoms with Crippen molar-refractivity contribution in [2.75, 3.05) is 11.9 Å². The van der Waals surface area contributed by atoms with Gasteiger partial charge in [0, 0.05) is 13.1 Å². The average Bonchev–Trinajstić information content (AvgIpc) is 2.79. The Bertz CT molecular complexity index is 886. The van der Waals surface area contributed by atoms with Crippen LogP contribution in [0.3, 0.4) is 0 Å². The van der Waals surface area contributed by atoms with E-state index in [1.54, 1.807) is 26.1 Å². The number of amides is 2. The molecular formula is C26H34N2O3. The maximum Gasteiger partial charge on any atom is 0.267 e. The highest BCUT2D eigenvalue weighted by Gasteiger charge is 2.25. The zero-order valence-electron chi connectivity index (χ0n) is 19.1. The minimum absolute atomic E-state index is 0.125. The van der Waals surface area contributed by atoms with Crippen LogP contribution in [0.25, 0.3) is 0 Å². The fourth-order valence-electron chi connectivity index (χ4n) is 4.05. The number of nitrogens with one attached hydrogen (secondary N) is 1. The van der Waals surface area contributed by atoms with Crippen molar-refractivity contribution in [1.29, 1.82) is 0 Å². The zero-order chi connectivity index (χ0) is 22.4. The maximum absolute atomic E-state index is 13.1. The van der Waals surface area contributed by atoms with Gasteiger partial charge in [-0.25, -0.2) is 0 Å². The summed E-state index contributed by atoms with van der Waals surface area (Å²) in [6, 6.07) is 15.3. The van der Waals surface area contributed by atoms with Gasteiger partial charge in [-0.2, -0.15) is 0 Å². The van der Waals surface area contributed by atoms with Crippen LogP contribution in [0.15, 0.2) is 48.5 Å². The molecule has 0 aromatic heterocycles. The Morgan fingerprint density at radius 1 is 0.968 bits per heavy atom. The third-order valence-electron chi connectivity index (χ3n) is 5.99. The third kappa shape index (κ3) is 5.87. The van der Waals surface area contributed by atoms with Gasteiger partial charge in [0.25, 0.3) is 11.8 Å². The molecule has 2 aromatic rings. The lowest BCUT2D eigenvalue weighted by Crippen LogP contribution is -2.40. The molecule has 3 rings (SSSR count). The Balaban J connectivity index is 1.68. The number of rotatable bonds is 7. The number of nitrogens with zero attached hydrogens (tertiary/aromatic N) is 1. The van der Waals surface area contributed by atoms with Gasteiger partial charge >= 0.3 is 0 Å². The number of carbonyl (C=O) groups is 2. The van der Waals surface area contributed by atoms with E-state index in [0.29, 0.717) is 22.9 Å². The Morgan fingerprint density at radius 2 is 1.61 bits per heavy atom. The van der Waals surface area contributed by atoms with Gasteiger partial charge in [-0.15, -0.1) is 0 Å². The van der Waals surface area contributed by atoms with Crippen molar-refractivity contribution in [2.24, 2.45) is 0 Å². The van der Waals surface area contributed by atoms with Gasteiger partial charge in [0.15, 0.2) is 6.10 Å². The van der Waals surface area contributed by atoms with Crippen LogP contribution in [0, 0.1) is 0 Å². The molecule has 0 saturated heterocycles. The molecule has 1 saturated carbocycles. The molecule has 1 N–H and O–H groups in total. The molecule has 1 atom stereocenters. The lowest BCUT2D eigenvalue weighted by molar-refractivity contribution is -0.124. The van der Waals surface area contributed by atoms with Crippen LogP contribution in [-0.4, -0.2) is 31.0 Å². The highest BCUT2D eigenvalue weighted by atomic mass is 16.5. The average molecular weight is 423 g/mol. The molecule has 0 unspecified atom stereocenters. The van der Waals surface area contributed by atoms with Gasteiger partial charge in [0.2, 0.25) is 0 Å². The summed E-state index contributed by atoms with van der Waals surface area (Å²) in [6.45, 7) is 6.01. The standard InChI is InChI=1S/C26H34N2O3/c1-18(2)20-14-16-22(17-15-20)31-19(3)26(30)28(4)24-13-9-8-12-23(24)25(29)27-21-10-6-5-7-11-21/h8-9,12-19,21H,5-7,10-11H2,1-4H3,(H,27,29)/t19-/m0/s1. The van der Waals surface area contributed by atoms with E-state index < -0.39 is 6.10 Å². The first-order chi connectivity index (χ1) is 14.9. The van der Waals surface area contributed by atoms with E-state index in [4.69, 9.17) is 4.74 Å². The smallest absolute Gasteiger partial charge is 0.267 e. The number of para-hydroxylation sites is 1. The molecule has 0 bridgehead atoms. The first-order valence-electron chi connectivity index (χ1n) is 11.3. The molecule has 0 radical (unpaired) electrons. The number of likely N-dealkylation sites (N-methyl/N-ethyl adjacent to an activating group) is 1. The maximum atomic E-state index is 13.1. The van der Waals surface area contributed by atoms with E-state index in [-0.39, 0.29) is 17.9 Å². The number of ether oxygens (including phenoxy) is 1. The molecule has 5 nitrogen and oxygen atoms in total. The summed E-state index contributed by atoms with van der Waals surface area (Å²) in [7, 11) is 1.69. The molecule has 2 amide bonds. The van der Waals surface area contributed by atoms with Crippen molar-refractivity contribution in [3.8, 4) is 5.75 Å². The first kappa shape index (κ1) is 22.9. The van der Waals surface area contributed by atoms with Crippen LogP contribution < -0.4 is 15.0 Å². The molecule has 0 aliphatic heterocycles. The molecule has 1 aliphatic carbocycles. The van der Waals surface area contributed by atoms with Crippen LogP contribution >= 0.6 is 0 Å². The van der Waals surface area contributed by atoms with E-state index in [2.05, 4.69) is 19.2 Å². The van der Waals surface area contributed by atoms with Crippen molar-refractivity contribution in [3.63, 3.8) is 0 Å². The summed E-state index contributed by atoms with van der Waals surface area (Å²) >= 11 is 0. The Hall–Kier alpha value is -2.82. The largest absolute Gasteiger partial charge is 0.481 e. The third-order valence-corrected chi connectivity index (χ3v) is 5.99. The molecule has 31 heavy (non-hydrogen) atoms. The molecule has 5 heteroatoms. The molecule has 1 aliphatic rings. The van der Waals surface area contributed by atoms with Crippen LogP contribution in [0.2, 0.25) is 0 Å². The van der Waals surface area contributed by atoms with E-state index in [9.17, 15) is 9.59 Å². The number of benzene rings is 2. The minimum Gasteiger partial charge on any atom is -0.481 e. The molecule has 0 spiro atoms. The second kappa shape index (κ2) is 10.5. The van der Waals surface area contributed by atoms with E-state index in [0.717, 1.165) is 25.7 Å². The number of hydrogen-bond acceptors (Lipinski definition) is 3. The summed E-state index contributed by atoms with van der Waals surface area (Å²) in [5.74, 6) is 0.767. The Kier molecular flexibility index (Phi) is 7.72. The molecule has 2 aromatic carbocycles. The Labute approximate surface area is 185 Å². The fraction of sp³-hybridized carbons (Fsp3) is 0.462. The summed E-state index contributed by atoms with van der Waals surface area (Å²) in [5.41, 5.74) is 2.32. The van der Waals surface area contributed by atoms with Gasteiger partial charge < -0.3 is 15.0 Å². The van der Waals surface area contributed by atoms with E-state index in [1.807, 2.05) is 36.4 Å². The van der Waals surface area contributed by atoms with Gasteiger partial charge in [-0.3, -0.25) is 9.59 Å². The monoisotopic (exact) mass is 422 g/mol. The van der Waals surface area contributed by atoms with Crippen molar-refractivity contribution < 1.29 is 14.3 Å². The molecule has 0 heterocycles. The van der Waals surface area contributed by atoms with Crippen molar-refractivity contribution in [3.05, 3.63) is 59.7 Å². The normalized spacial score (nSPS) is 15.4. The summed E-state index contributed by atoms with van der Waals surface area (Å²) in [4.78, 5) is 27.5. The van der Waals surface area contributed by atoms with Crippen molar-refractivity contribution in [2.45, 2.75) is 70.9 Å². The van der Waals surface area contributed by atoms with Gasteiger partial charge in [-0.05, 0) is 55.5 Å². The Morgan fingerprint density at radius 3 is 2.26 bits per heavy atom. The number of anilines is 1. The van der Waals surface area contributed by atoms with Crippen LogP contribution in [0.5, 0.6) is 5.75 Å². The highest BCUT2D eigenvalue weighted by Crippen LogP contribution is 2.24. The van der Waals surface area contributed by atoms with Gasteiger partial charge in [0.1, 0.15) is 5.75 Å². The quantitative estimate of drug-likeness (QED) is 0.658. The SMILES string of the molecule is CC(C)c1ccc(O[C@@H](C)C(=O)N(C)c2ccccc2C(=O)NC2CCCCC2)cc1.